The van der Waals surface area contributed by atoms with Gasteiger partial charge in [-0.1, -0.05) is 78.7 Å². The lowest BCUT2D eigenvalue weighted by Gasteiger charge is -2.07. The molecule has 0 nitrogen and oxygen atoms in total. The molecule has 0 heterocycles. The predicted molar refractivity (Wildman–Crippen MR) is 79.8 cm³/mol. The second-order valence-electron chi connectivity index (χ2n) is 4.97. The Balaban J connectivity index is 2.11. The van der Waals surface area contributed by atoms with Gasteiger partial charge in [0.05, 0.1) is 0 Å². The summed E-state index contributed by atoms with van der Waals surface area (Å²) in [5.74, 6) is 0.450. The fraction of sp³-hybridized carbons (Fsp3) is 0.222. The quantitative estimate of drug-likeness (QED) is 0.693. The van der Waals surface area contributed by atoms with E-state index in [1.54, 1.807) is 0 Å². The van der Waals surface area contributed by atoms with E-state index in [-0.39, 0.29) is 0 Å². The summed E-state index contributed by atoms with van der Waals surface area (Å²) in [5, 5.41) is 0. The molecule has 0 aliphatic carbocycles. The second kappa shape index (κ2) is 5.68. The molecule has 0 aliphatic rings. The van der Waals surface area contributed by atoms with Gasteiger partial charge in [0, 0.05) is 0 Å². The van der Waals surface area contributed by atoms with Crippen molar-refractivity contribution in [3.8, 4) is 0 Å². The number of hydrogen-bond donors (Lipinski definition) is 0. The molecule has 0 heteroatoms. The van der Waals surface area contributed by atoms with Crippen molar-refractivity contribution < 1.29 is 0 Å². The van der Waals surface area contributed by atoms with E-state index >= 15 is 0 Å². The van der Waals surface area contributed by atoms with Gasteiger partial charge >= 0.3 is 0 Å². The molecular weight excluding hydrogens is 216 g/mol. The molecule has 0 aromatic heterocycles. The van der Waals surface area contributed by atoms with E-state index in [2.05, 4.69) is 81.5 Å². The van der Waals surface area contributed by atoms with Gasteiger partial charge < -0.3 is 0 Å². The van der Waals surface area contributed by atoms with Gasteiger partial charge in [0.15, 0.2) is 0 Å². The van der Waals surface area contributed by atoms with E-state index in [1.807, 2.05) is 0 Å². The topological polar surface area (TPSA) is 0 Å². The van der Waals surface area contributed by atoms with Crippen LogP contribution < -0.4 is 0 Å². The summed E-state index contributed by atoms with van der Waals surface area (Å²) in [4.78, 5) is 0. The Morgan fingerprint density at radius 3 is 2.28 bits per heavy atom. The third-order valence-electron chi connectivity index (χ3n) is 3.22. The van der Waals surface area contributed by atoms with Gasteiger partial charge in [-0.15, -0.1) is 0 Å². The van der Waals surface area contributed by atoms with Crippen LogP contribution in [0.25, 0.3) is 6.08 Å². The van der Waals surface area contributed by atoms with Crippen molar-refractivity contribution in [1.82, 2.24) is 0 Å². The van der Waals surface area contributed by atoms with E-state index < -0.39 is 0 Å². The fourth-order valence-electron chi connectivity index (χ4n) is 2.01. The zero-order valence-electron chi connectivity index (χ0n) is 11.4. The summed E-state index contributed by atoms with van der Waals surface area (Å²) in [5.41, 5.74) is 5.26. The van der Waals surface area contributed by atoms with Gasteiger partial charge in [-0.05, 0) is 30.9 Å². The van der Waals surface area contributed by atoms with Crippen LogP contribution in [0, 0.1) is 13.8 Å². The minimum Gasteiger partial charge on any atom is -0.0767 e. The molecule has 0 saturated heterocycles. The minimum atomic E-state index is 0.450. The predicted octanol–water partition coefficient (Wildman–Crippen LogP) is 5.12. The lowest BCUT2D eigenvalue weighted by atomic mass is 9.98. The number of aryl methyl sites for hydroxylation is 2. The van der Waals surface area contributed by atoms with E-state index in [4.69, 9.17) is 0 Å². The second-order valence-corrected chi connectivity index (χ2v) is 4.97. The maximum Gasteiger partial charge on any atom is -0.000710 e. The molecule has 0 amide bonds. The van der Waals surface area contributed by atoms with E-state index in [0.717, 1.165) is 0 Å². The summed E-state index contributed by atoms with van der Waals surface area (Å²) in [7, 11) is 0. The molecule has 0 N–H and O–H groups in total. The molecule has 0 radical (unpaired) electrons. The van der Waals surface area contributed by atoms with Gasteiger partial charge in [-0.3, -0.25) is 0 Å². The normalized spacial score (nSPS) is 12.8. The van der Waals surface area contributed by atoms with E-state index in [0.29, 0.717) is 5.92 Å². The fourth-order valence-corrected chi connectivity index (χ4v) is 2.01. The van der Waals surface area contributed by atoms with Crippen molar-refractivity contribution in [2.45, 2.75) is 26.7 Å². The van der Waals surface area contributed by atoms with Crippen LogP contribution in [0.4, 0.5) is 0 Å². The third-order valence-corrected chi connectivity index (χ3v) is 3.22. The van der Waals surface area contributed by atoms with Crippen molar-refractivity contribution in [3.63, 3.8) is 0 Å². The highest BCUT2D eigenvalue weighted by Gasteiger charge is 2.00. The van der Waals surface area contributed by atoms with E-state index in [1.165, 1.54) is 22.3 Å². The minimum absolute atomic E-state index is 0.450. The van der Waals surface area contributed by atoms with Crippen LogP contribution in [0.5, 0.6) is 0 Å². The first-order valence-corrected chi connectivity index (χ1v) is 6.46. The van der Waals surface area contributed by atoms with Gasteiger partial charge in [0.1, 0.15) is 0 Å². The molecular formula is C18H20. The number of allylic oxidation sites excluding steroid dienone is 1. The average molecular weight is 236 g/mol. The summed E-state index contributed by atoms with van der Waals surface area (Å²) in [6.45, 7) is 6.48. The van der Waals surface area contributed by atoms with Crippen molar-refractivity contribution in [2.75, 3.05) is 0 Å². The lowest BCUT2D eigenvalue weighted by Crippen LogP contribution is -1.88. The Morgan fingerprint density at radius 1 is 0.889 bits per heavy atom. The summed E-state index contributed by atoms with van der Waals surface area (Å²) in [6, 6.07) is 17.3. The summed E-state index contributed by atoms with van der Waals surface area (Å²) in [6.07, 6.45) is 4.47. The molecule has 2 aromatic rings. The molecule has 1 unspecified atom stereocenters. The highest BCUT2D eigenvalue weighted by molar-refractivity contribution is 5.51. The Labute approximate surface area is 110 Å². The molecule has 0 aliphatic heterocycles. The first-order chi connectivity index (χ1) is 8.65. The van der Waals surface area contributed by atoms with Crippen LogP contribution in [-0.4, -0.2) is 0 Å². The maximum absolute atomic E-state index is 2.26. The first kappa shape index (κ1) is 12.6. The van der Waals surface area contributed by atoms with Crippen LogP contribution >= 0.6 is 0 Å². The molecule has 0 spiro atoms. The van der Waals surface area contributed by atoms with Gasteiger partial charge in [-0.2, -0.15) is 0 Å². The molecule has 1 atom stereocenters. The third kappa shape index (κ3) is 3.33. The molecule has 2 rings (SSSR count). The van der Waals surface area contributed by atoms with Crippen LogP contribution in [0.1, 0.15) is 35.1 Å². The number of hydrogen-bond acceptors (Lipinski definition) is 0. The van der Waals surface area contributed by atoms with E-state index in [9.17, 15) is 0 Å². The number of benzene rings is 2. The van der Waals surface area contributed by atoms with Gasteiger partial charge in [-0.25, -0.2) is 0 Å². The maximum atomic E-state index is 2.26. The van der Waals surface area contributed by atoms with Gasteiger partial charge in [0.25, 0.3) is 0 Å². The number of rotatable bonds is 3. The molecule has 2 aromatic carbocycles. The first-order valence-electron chi connectivity index (χ1n) is 6.46. The van der Waals surface area contributed by atoms with Crippen molar-refractivity contribution in [1.29, 1.82) is 0 Å². The molecule has 92 valence electrons. The van der Waals surface area contributed by atoms with Crippen molar-refractivity contribution in [3.05, 3.63) is 76.9 Å². The standard InChI is InChI=1S/C18H20/c1-14-7-11-18(12-8-14)16(3)9-10-17-6-4-5-15(2)13-17/h4-13,16H,1-3H3. The zero-order valence-corrected chi connectivity index (χ0v) is 11.4. The zero-order chi connectivity index (χ0) is 13.0. The highest BCUT2D eigenvalue weighted by Crippen LogP contribution is 2.18. The Hall–Kier alpha value is -1.82. The average Bonchev–Trinajstić information content (AvgIpc) is 2.37. The smallest absolute Gasteiger partial charge is 0.000710 e. The van der Waals surface area contributed by atoms with Crippen LogP contribution in [0.2, 0.25) is 0 Å². The highest BCUT2D eigenvalue weighted by atomic mass is 14.0. The molecule has 0 saturated carbocycles. The Bertz CT molecular complexity index is 532. The van der Waals surface area contributed by atoms with Crippen LogP contribution in [0.15, 0.2) is 54.6 Å². The monoisotopic (exact) mass is 236 g/mol. The molecule has 0 fully saturated rings. The molecule has 0 bridgehead atoms. The summed E-state index contributed by atoms with van der Waals surface area (Å²) < 4.78 is 0. The SMILES string of the molecule is Cc1ccc(C(C)C=Cc2cccc(C)c2)cc1. The Kier molecular flexibility index (Phi) is 3.99. The van der Waals surface area contributed by atoms with Crippen LogP contribution in [-0.2, 0) is 0 Å². The lowest BCUT2D eigenvalue weighted by molar-refractivity contribution is 0.971. The van der Waals surface area contributed by atoms with Crippen LogP contribution in [0.3, 0.4) is 0 Å². The largest absolute Gasteiger partial charge is 0.0767 e. The molecule has 18 heavy (non-hydrogen) atoms. The summed E-state index contributed by atoms with van der Waals surface area (Å²) >= 11 is 0. The Morgan fingerprint density at radius 2 is 1.61 bits per heavy atom. The van der Waals surface area contributed by atoms with Gasteiger partial charge in [0.2, 0.25) is 0 Å². The van der Waals surface area contributed by atoms with Crippen molar-refractivity contribution in [2.24, 2.45) is 0 Å². The van der Waals surface area contributed by atoms with Crippen molar-refractivity contribution >= 4 is 6.08 Å².